The summed E-state index contributed by atoms with van der Waals surface area (Å²) < 4.78 is 24.5. The van der Waals surface area contributed by atoms with Crippen LogP contribution in [0.2, 0.25) is 0 Å². The number of methoxy groups -OCH3 is 2. The minimum Gasteiger partial charge on any atom is -0.496 e. The Morgan fingerprint density at radius 1 is 0.380 bits per heavy atom. The van der Waals surface area contributed by atoms with Crippen LogP contribution in [0.25, 0.3) is 45.2 Å². The van der Waals surface area contributed by atoms with Crippen LogP contribution in [0.15, 0.2) is 218 Å². The minimum atomic E-state index is -0.728. The third-order valence-corrected chi connectivity index (χ3v) is 16.5. The summed E-state index contributed by atoms with van der Waals surface area (Å²) in [4.78, 5) is 0. The molecule has 0 heterocycles. The molecule has 10 aromatic carbocycles. The molecule has 4 nitrogen and oxygen atoms in total. The van der Waals surface area contributed by atoms with Gasteiger partial charge in [0.05, 0.1) is 25.0 Å². The number of fused-ring (bicyclic) bond motifs is 6. The highest BCUT2D eigenvalue weighted by Gasteiger charge is 2.45. The van der Waals surface area contributed by atoms with E-state index < -0.39 is 10.8 Å². The highest BCUT2D eigenvalue weighted by Crippen LogP contribution is 2.54. The Labute approximate surface area is 464 Å². The smallest absolute Gasteiger partial charge is 0.149 e. The Hall–Kier alpha value is -9.48. The van der Waals surface area contributed by atoms with Crippen LogP contribution < -0.4 is 9.47 Å². The molecule has 0 spiro atoms. The maximum Gasteiger partial charge on any atom is 0.149 e. The quantitative estimate of drug-likeness (QED) is 0.114. The molecule has 2 atom stereocenters. The first-order chi connectivity index (χ1) is 38.7. The molecule has 10 aromatic rings. The van der Waals surface area contributed by atoms with E-state index in [4.69, 9.17) is 18.9 Å². The standard InChI is InChI=1S/C75H60O4/c1-7-9-43-78-63-41-29-51-45-61(31-27-53(51)47-63)74(67-23-15-11-19-55(67)49-71(76-5)65-21-13-17-25-69(65)74)59-37-33-57(34-38-59)73(3,4)58-35-39-60(40-36-58)75(62-32-28-54-48-64(79-44-10-8-2)42-30-52(54)46-62)68-24-16-12-20-56(68)50-72(77-6)66-22-14-18-26-70(66)75/h11-42,45-50H,43-44H2,1-6H3. The van der Waals surface area contributed by atoms with Gasteiger partial charge in [-0.15, -0.1) is 11.8 Å². The lowest BCUT2D eigenvalue weighted by Gasteiger charge is -2.39. The van der Waals surface area contributed by atoms with Gasteiger partial charge in [0, 0.05) is 16.5 Å². The molecule has 0 amide bonds. The van der Waals surface area contributed by atoms with E-state index in [1.807, 2.05) is 26.0 Å². The van der Waals surface area contributed by atoms with E-state index in [1.165, 1.54) is 22.3 Å². The number of ether oxygens (including phenoxy) is 4. The normalized spacial score (nSPS) is 16.1. The van der Waals surface area contributed by atoms with Crippen molar-refractivity contribution in [2.75, 3.05) is 27.4 Å². The SMILES string of the molecule is CC#CCOc1ccc2cc(C3(c4ccc(C(C)(C)c5ccc(C6(c7ccc8cc(OCC#CC)ccc8c7)c7ccccc7C=C(OC)c7ccccc76)cc5)cc4)c4ccccc4C=C(OC)c4ccccc43)ccc2c1. The van der Waals surface area contributed by atoms with Crippen LogP contribution in [-0.2, 0) is 25.7 Å². The lowest BCUT2D eigenvalue weighted by atomic mass is 9.62. The Morgan fingerprint density at radius 3 is 1.14 bits per heavy atom. The van der Waals surface area contributed by atoms with Gasteiger partial charge in [0.25, 0.3) is 0 Å². The largest absolute Gasteiger partial charge is 0.496 e. The van der Waals surface area contributed by atoms with Crippen molar-refractivity contribution in [2.24, 2.45) is 0 Å². The number of rotatable bonds is 12. The van der Waals surface area contributed by atoms with Crippen molar-refractivity contribution < 1.29 is 18.9 Å². The van der Waals surface area contributed by atoms with Gasteiger partial charge in [-0.2, -0.15) is 0 Å². The monoisotopic (exact) mass is 1020 g/mol. The highest BCUT2D eigenvalue weighted by molar-refractivity contribution is 5.91. The summed E-state index contributed by atoms with van der Waals surface area (Å²) in [7, 11) is 3.54. The molecule has 0 aromatic heterocycles. The predicted molar refractivity (Wildman–Crippen MR) is 324 cm³/mol. The Balaban J connectivity index is 0.992. The van der Waals surface area contributed by atoms with Crippen LogP contribution in [-0.4, -0.2) is 27.4 Å². The molecule has 2 aliphatic rings. The summed E-state index contributed by atoms with van der Waals surface area (Å²) in [5.74, 6) is 15.2. The second-order valence-electron chi connectivity index (χ2n) is 20.8. The fourth-order valence-corrected chi connectivity index (χ4v) is 12.5. The molecular formula is C75H60O4. The highest BCUT2D eigenvalue weighted by atomic mass is 16.5. The molecular weight excluding hydrogens is 965 g/mol. The van der Waals surface area contributed by atoms with Crippen molar-refractivity contribution in [3.05, 3.63) is 296 Å². The van der Waals surface area contributed by atoms with Crippen molar-refractivity contribution in [3.63, 3.8) is 0 Å². The molecule has 0 N–H and O–H groups in total. The van der Waals surface area contributed by atoms with Crippen LogP contribution >= 0.6 is 0 Å². The summed E-state index contributed by atoms with van der Waals surface area (Å²) in [6, 6.07) is 80.2. The molecule has 0 saturated heterocycles. The van der Waals surface area contributed by atoms with Gasteiger partial charge in [-0.25, -0.2) is 0 Å². The van der Waals surface area contributed by atoms with Gasteiger partial charge < -0.3 is 18.9 Å². The molecule has 4 heteroatoms. The van der Waals surface area contributed by atoms with Gasteiger partial charge in [-0.1, -0.05) is 208 Å². The molecule has 384 valence electrons. The second-order valence-corrected chi connectivity index (χ2v) is 20.8. The Morgan fingerprint density at radius 2 is 0.734 bits per heavy atom. The summed E-state index contributed by atoms with van der Waals surface area (Å²) in [6.45, 7) is 9.04. The fourth-order valence-electron chi connectivity index (χ4n) is 12.5. The third-order valence-electron chi connectivity index (χ3n) is 16.5. The molecule has 2 unspecified atom stereocenters. The number of hydrogen-bond acceptors (Lipinski definition) is 4. The van der Waals surface area contributed by atoms with Crippen molar-refractivity contribution >= 4 is 45.2 Å². The zero-order valence-corrected chi connectivity index (χ0v) is 45.5. The van der Waals surface area contributed by atoms with Crippen LogP contribution in [0.1, 0.15) is 106 Å². The Bertz CT molecular complexity index is 3900. The van der Waals surface area contributed by atoms with Crippen molar-refractivity contribution in [1.29, 1.82) is 0 Å². The third kappa shape index (κ3) is 8.53. The van der Waals surface area contributed by atoms with Crippen molar-refractivity contribution in [1.82, 2.24) is 0 Å². The van der Waals surface area contributed by atoms with E-state index >= 15 is 0 Å². The van der Waals surface area contributed by atoms with Crippen LogP contribution in [0.4, 0.5) is 0 Å². The van der Waals surface area contributed by atoms with Gasteiger partial charge in [0.2, 0.25) is 0 Å². The average molecular weight is 1030 g/mol. The van der Waals surface area contributed by atoms with Gasteiger partial charge in [-0.3, -0.25) is 0 Å². The van der Waals surface area contributed by atoms with E-state index in [2.05, 4.69) is 256 Å². The molecule has 0 radical (unpaired) electrons. The van der Waals surface area contributed by atoms with Crippen molar-refractivity contribution in [2.45, 2.75) is 43.9 Å². The maximum absolute atomic E-state index is 6.24. The summed E-state index contributed by atoms with van der Waals surface area (Å²) in [5.41, 5.74) is 14.2. The average Bonchev–Trinajstić information content (AvgIpc) is 3.94. The predicted octanol–water partition coefficient (Wildman–Crippen LogP) is 16.8. The maximum atomic E-state index is 6.24. The minimum absolute atomic E-state index is 0.350. The summed E-state index contributed by atoms with van der Waals surface area (Å²) in [6.07, 6.45) is 4.39. The van der Waals surface area contributed by atoms with Crippen LogP contribution in [0.5, 0.6) is 11.5 Å². The molecule has 0 bridgehead atoms. The lowest BCUT2D eigenvalue weighted by Crippen LogP contribution is -2.33. The molecule has 2 aliphatic carbocycles. The van der Waals surface area contributed by atoms with Crippen molar-refractivity contribution in [3.8, 4) is 35.2 Å². The topological polar surface area (TPSA) is 36.9 Å². The van der Waals surface area contributed by atoms with Gasteiger partial charge >= 0.3 is 0 Å². The van der Waals surface area contributed by atoms with E-state index in [0.717, 1.165) is 100 Å². The first-order valence-electron chi connectivity index (χ1n) is 27.0. The first-order valence-corrected chi connectivity index (χ1v) is 27.0. The van der Waals surface area contributed by atoms with E-state index in [9.17, 15) is 0 Å². The van der Waals surface area contributed by atoms with E-state index in [1.54, 1.807) is 14.2 Å². The molecule has 12 rings (SSSR count). The molecule has 0 fully saturated rings. The number of benzene rings is 10. The second kappa shape index (κ2) is 20.8. The first kappa shape index (κ1) is 50.3. The van der Waals surface area contributed by atoms with Gasteiger partial charge in [0.15, 0.2) is 0 Å². The van der Waals surface area contributed by atoms with Crippen LogP contribution in [0, 0.1) is 23.7 Å². The zero-order chi connectivity index (χ0) is 54.1. The van der Waals surface area contributed by atoms with Gasteiger partial charge in [0.1, 0.15) is 36.2 Å². The van der Waals surface area contributed by atoms with E-state index in [0.29, 0.717) is 13.2 Å². The van der Waals surface area contributed by atoms with Gasteiger partial charge in [-0.05, 0) is 151 Å². The molecule has 0 aliphatic heterocycles. The summed E-state index contributed by atoms with van der Waals surface area (Å²) >= 11 is 0. The lowest BCUT2D eigenvalue weighted by molar-refractivity contribution is 0.370. The zero-order valence-electron chi connectivity index (χ0n) is 45.5. The number of hydrogen-bond donors (Lipinski definition) is 0. The fraction of sp³-hybridized carbons (Fsp3) is 0.147. The van der Waals surface area contributed by atoms with E-state index in [-0.39, 0.29) is 5.41 Å². The Kier molecular flexibility index (Phi) is 13.3. The summed E-state index contributed by atoms with van der Waals surface area (Å²) in [5, 5.41) is 4.44. The molecule has 0 saturated carbocycles. The molecule has 79 heavy (non-hydrogen) atoms. The van der Waals surface area contributed by atoms with Crippen LogP contribution in [0.3, 0.4) is 0 Å².